The molecule has 0 unspecified atom stereocenters. The summed E-state index contributed by atoms with van der Waals surface area (Å²) >= 11 is 0. The first-order valence-electron chi connectivity index (χ1n) is 7.65. The van der Waals surface area contributed by atoms with E-state index in [2.05, 4.69) is 19.8 Å². The molecule has 0 amide bonds. The molecule has 1 aromatic heterocycles. The van der Waals surface area contributed by atoms with E-state index in [1.54, 1.807) is 37.3 Å². The molecular formula is C15H20N4O3S. The summed E-state index contributed by atoms with van der Waals surface area (Å²) in [5.74, 6) is 1.24. The van der Waals surface area contributed by atoms with Crippen molar-refractivity contribution in [3.8, 4) is 0 Å². The van der Waals surface area contributed by atoms with Gasteiger partial charge in [-0.05, 0) is 31.5 Å². The number of aryl methyl sites for hydroxylation is 1. The van der Waals surface area contributed by atoms with Crippen molar-refractivity contribution in [3.05, 3.63) is 42.0 Å². The van der Waals surface area contributed by atoms with Gasteiger partial charge in [0.2, 0.25) is 15.9 Å². The molecule has 1 aliphatic rings. The summed E-state index contributed by atoms with van der Waals surface area (Å²) in [5.41, 5.74) is 0. The van der Waals surface area contributed by atoms with Gasteiger partial charge in [0, 0.05) is 20.0 Å². The molecular weight excluding hydrogens is 316 g/mol. The fourth-order valence-electron chi connectivity index (χ4n) is 2.84. The fourth-order valence-corrected chi connectivity index (χ4v) is 3.89. The van der Waals surface area contributed by atoms with Crippen LogP contribution >= 0.6 is 0 Å². The molecule has 1 fully saturated rings. The van der Waals surface area contributed by atoms with Gasteiger partial charge in [0.15, 0.2) is 5.82 Å². The van der Waals surface area contributed by atoms with Crippen molar-refractivity contribution in [2.75, 3.05) is 19.6 Å². The molecule has 7 nitrogen and oxygen atoms in total. The SMILES string of the molecule is Cc1nc([C@H]2CCCN2CCNS(=O)(=O)c2ccccc2)no1. The summed E-state index contributed by atoms with van der Waals surface area (Å²) < 4.78 is 32.1. The van der Waals surface area contributed by atoms with E-state index in [1.807, 2.05) is 0 Å². The van der Waals surface area contributed by atoms with E-state index in [0.717, 1.165) is 19.4 Å². The lowest BCUT2D eigenvalue weighted by atomic mass is 10.2. The van der Waals surface area contributed by atoms with Gasteiger partial charge in [0.05, 0.1) is 10.9 Å². The Morgan fingerprint density at radius 1 is 1.35 bits per heavy atom. The van der Waals surface area contributed by atoms with Crippen LogP contribution in [0.4, 0.5) is 0 Å². The van der Waals surface area contributed by atoms with Crippen molar-refractivity contribution in [2.24, 2.45) is 0 Å². The predicted molar refractivity (Wildman–Crippen MR) is 84.2 cm³/mol. The van der Waals surface area contributed by atoms with Crippen LogP contribution in [-0.4, -0.2) is 43.1 Å². The quantitative estimate of drug-likeness (QED) is 0.860. The van der Waals surface area contributed by atoms with Gasteiger partial charge < -0.3 is 4.52 Å². The molecule has 1 atom stereocenters. The van der Waals surface area contributed by atoms with Gasteiger partial charge in [-0.2, -0.15) is 4.98 Å². The zero-order valence-corrected chi connectivity index (χ0v) is 13.8. The smallest absolute Gasteiger partial charge is 0.240 e. The van der Waals surface area contributed by atoms with E-state index in [-0.39, 0.29) is 10.9 Å². The Labute approximate surface area is 135 Å². The molecule has 0 bridgehead atoms. The van der Waals surface area contributed by atoms with Gasteiger partial charge in [-0.1, -0.05) is 23.4 Å². The Balaban J connectivity index is 1.58. The van der Waals surface area contributed by atoms with E-state index < -0.39 is 10.0 Å². The number of nitrogens with zero attached hydrogens (tertiary/aromatic N) is 3. The summed E-state index contributed by atoms with van der Waals surface area (Å²) in [4.78, 5) is 6.77. The molecule has 1 saturated heterocycles. The second-order valence-electron chi connectivity index (χ2n) is 5.58. The molecule has 0 aliphatic carbocycles. The minimum Gasteiger partial charge on any atom is -0.340 e. The number of likely N-dealkylation sites (tertiary alicyclic amines) is 1. The van der Waals surface area contributed by atoms with Crippen LogP contribution < -0.4 is 4.72 Å². The Morgan fingerprint density at radius 2 is 2.13 bits per heavy atom. The molecule has 23 heavy (non-hydrogen) atoms. The van der Waals surface area contributed by atoms with Gasteiger partial charge in [-0.25, -0.2) is 13.1 Å². The fraction of sp³-hybridized carbons (Fsp3) is 0.467. The predicted octanol–water partition coefficient (Wildman–Crippen LogP) is 1.49. The summed E-state index contributed by atoms with van der Waals surface area (Å²) in [6.45, 7) is 3.64. The molecule has 0 saturated carbocycles. The number of hydrogen-bond acceptors (Lipinski definition) is 6. The number of benzene rings is 1. The van der Waals surface area contributed by atoms with Crippen molar-refractivity contribution in [1.82, 2.24) is 19.8 Å². The van der Waals surface area contributed by atoms with Crippen molar-refractivity contribution < 1.29 is 12.9 Å². The lowest BCUT2D eigenvalue weighted by molar-refractivity contribution is 0.246. The summed E-state index contributed by atoms with van der Waals surface area (Å²) in [6.07, 6.45) is 2.01. The molecule has 1 N–H and O–H groups in total. The second kappa shape index (κ2) is 6.77. The average Bonchev–Trinajstić information content (AvgIpc) is 3.17. The van der Waals surface area contributed by atoms with E-state index in [4.69, 9.17) is 4.52 Å². The molecule has 0 spiro atoms. The third-order valence-corrected chi connectivity index (χ3v) is 5.43. The number of hydrogen-bond donors (Lipinski definition) is 1. The van der Waals surface area contributed by atoms with Crippen LogP contribution in [-0.2, 0) is 10.0 Å². The van der Waals surface area contributed by atoms with Crippen LogP contribution in [0.15, 0.2) is 39.8 Å². The third kappa shape index (κ3) is 3.77. The van der Waals surface area contributed by atoms with E-state index >= 15 is 0 Å². The van der Waals surface area contributed by atoms with Crippen LogP contribution in [0, 0.1) is 6.92 Å². The summed E-state index contributed by atoms with van der Waals surface area (Å²) in [7, 11) is -3.46. The van der Waals surface area contributed by atoms with Gasteiger partial charge in [0.25, 0.3) is 0 Å². The highest BCUT2D eigenvalue weighted by Gasteiger charge is 2.29. The first kappa shape index (κ1) is 16.1. The minimum atomic E-state index is -3.46. The molecule has 2 heterocycles. The molecule has 8 heteroatoms. The van der Waals surface area contributed by atoms with Crippen molar-refractivity contribution in [3.63, 3.8) is 0 Å². The van der Waals surface area contributed by atoms with E-state index in [1.165, 1.54) is 0 Å². The standard InChI is InChI=1S/C15H20N4O3S/c1-12-17-15(18-22-12)14-8-5-10-19(14)11-9-16-23(20,21)13-6-3-2-4-7-13/h2-4,6-7,14,16H,5,8-11H2,1H3/t14-/m1/s1. The highest BCUT2D eigenvalue weighted by Crippen LogP contribution is 2.29. The molecule has 0 radical (unpaired) electrons. The molecule has 1 aliphatic heterocycles. The second-order valence-corrected chi connectivity index (χ2v) is 7.34. The Morgan fingerprint density at radius 3 is 2.83 bits per heavy atom. The van der Waals surface area contributed by atoms with E-state index in [0.29, 0.717) is 24.8 Å². The zero-order chi connectivity index (χ0) is 16.3. The van der Waals surface area contributed by atoms with Crippen molar-refractivity contribution >= 4 is 10.0 Å². The maximum Gasteiger partial charge on any atom is 0.240 e. The van der Waals surface area contributed by atoms with Gasteiger partial charge in [-0.15, -0.1) is 0 Å². The summed E-state index contributed by atoms with van der Waals surface area (Å²) in [5, 5.41) is 3.99. The minimum absolute atomic E-state index is 0.105. The normalized spacial score (nSPS) is 19.3. The maximum atomic E-state index is 12.2. The zero-order valence-electron chi connectivity index (χ0n) is 13.0. The van der Waals surface area contributed by atoms with Crippen LogP contribution in [0.2, 0.25) is 0 Å². The molecule has 3 rings (SSSR count). The largest absolute Gasteiger partial charge is 0.340 e. The number of sulfonamides is 1. The van der Waals surface area contributed by atoms with Crippen LogP contribution in [0.25, 0.3) is 0 Å². The van der Waals surface area contributed by atoms with Gasteiger partial charge >= 0.3 is 0 Å². The number of rotatable bonds is 6. The lowest BCUT2D eigenvalue weighted by Gasteiger charge is -2.21. The monoisotopic (exact) mass is 336 g/mol. The van der Waals surface area contributed by atoms with Crippen LogP contribution in [0.5, 0.6) is 0 Å². The molecule has 1 aromatic carbocycles. The average molecular weight is 336 g/mol. The highest BCUT2D eigenvalue weighted by atomic mass is 32.2. The number of nitrogens with one attached hydrogen (secondary N) is 1. The first-order valence-corrected chi connectivity index (χ1v) is 9.13. The summed E-state index contributed by atoms with van der Waals surface area (Å²) in [6, 6.07) is 8.49. The lowest BCUT2D eigenvalue weighted by Crippen LogP contribution is -2.35. The Hall–Kier alpha value is -1.77. The molecule has 124 valence electrons. The van der Waals surface area contributed by atoms with Gasteiger partial charge in [0.1, 0.15) is 0 Å². The van der Waals surface area contributed by atoms with E-state index in [9.17, 15) is 8.42 Å². The topological polar surface area (TPSA) is 88.3 Å². The van der Waals surface area contributed by atoms with Gasteiger partial charge in [-0.3, -0.25) is 4.90 Å². The van der Waals surface area contributed by atoms with Crippen molar-refractivity contribution in [2.45, 2.75) is 30.7 Å². The number of aromatic nitrogens is 2. The van der Waals surface area contributed by atoms with Crippen LogP contribution in [0.3, 0.4) is 0 Å². The first-order chi connectivity index (χ1) is 11.1. The maximum absolute atomic E-state index is 12.2. The van der Waals surface area contributed by atoms with Crippen LogP contribution in [0.1, 0.15) is 30.6 Å². The highest BCUT2D eigenvalue weighted by molar-refractivity contribution is 7.89. The van der Waals surface area contributed by atoms with Crippen molar-refractivity contribution in [1.29, 1.82) is 0 Å². The molecule has 2 aromatic rings. The Bertz CT molecular complexity index is 745. The third-order valence-electron chi connectivity index (χ3n) is 3.95. The Kier molecular flexibility index (Phi) is 4.74.